The van der Waals surface area contributed by atoms with Crippen molar-refractivity contribution in [1.82, 2.24) is 10.2 Å². The van der Waals surface area contributed by atoms with Crippen LogP contribution in [0.2, 0.25) is 0 Å². The summed E-state index contributed by atoms with van der Waals surface area (Å²) in [5.74, 6) is 1.43. The van der Waals surface area contributed by atoms with Gasteiger partial charge in [-0.25, -0.2) is 9.79 Å². The Morgan fingerprint density at radius 1 is 0.931 bits per heavy atom. The molecule has 0 fully saturated rings. The number of amides is 2. The standard InChI is InChI=1S/C24H20N4O/c1-15-12-13-20(16(2)14-15)25-22-18-10-6-7-11-19(18)23-27-24(29)26-21(28(22)23)17-8-4-3-5-9-17/h3-14,21H,1-2H3,(H,26,29). The highest BCUT2D eigenvalue weighted by Gasteiger charge is 2.41. The van der Waals surface area contributed by atoms with Crippen molar-refractivity contribution >= 4 is 23.4 Å². The van der Waals surface area contributed by atoms with Crippen LogP contribution >= 0.6 is 0 Å². The molecule has 0 saturated carbocycles. The Bertz CT molecular complexity index is 1180. The molecule has 0 radical (unpaired) electrons. The summed E-state index contributed by atoms with van der Waals surface area (Å²) >= 11 is 0. The molecular weight excluding hydrogens is 360 g/mol. The van der Waals surface area contributed by atoms with Crippen LogP contribution in [0.5, 0.6) is 0 Å². The van der Waals surface area contributed by atoms with Crippen molar-refractivity contribution in [2.24, 2.45) is 9.98 Å². The molecule has 1 unspecified atom stereocenters. The predicted molar refractivity (Wildman–Crippen MR) is 115 cm³/mol. The number of hydrogen-bond donors (Lipinski definition) is 1. The van der Waals surface area contributed by atoms with Crippen molar-refractivity contribution in [2.75, 3.05) is 0 Å². The molecule has 1 N–H and O–H groups in total. The van der Waals surface area contributed by atoms with Gasteiger partial charge < -0.3 is 5.32 Å². The molecule has 3 aromatic rings. The quantitative estimate of drug-likeness (QED) is 0.690. The molecule has 3 aromatic carbocycles. The molecule has 5 rings (SSSR count). The van der Waals surface area contributed by atoms with Crippen LogP contribution in [0.3, 0.4) is 0 Å². The van der Waals surface area contributed by atoms with Crippen molar-refractivity contribution in [3.05, 3.63) is 101 Å². The highest BCUT2D eigenvalue weighted by molar-refractivity contribution is 6.28. The van der Waals surface area contributed by atoms with Crippen LogP contribution in [0.15, 0.2) is 82.8 Å². The first-order chi connectivity index (χ1) is 14.1. The Kier molecular flexibility index (Phi) is 4.02. The summed E-state index contributed by atoms with van der Waals surface area (Å²) in [7, 11) is 0. The van der Waals surface area contributed by atoms with Gasteiger partial charge in [0.25, 0.3) is 0 Å². The van der Waals surface area contributed by atoms with Gasteiger partial charge >= 0.3 is 6.03 Å². The minimum Gasteiger partial charge on any atom is -0.311 e. The van der Waals surface area contributed by atoms with Crippen molar-refractivity contribution in [3.63, 3.8) is 0 Å². The smallest absolute Gasteiger partial charge is 0.311 e. The normalized spacial score (nSPS) is 18.9. The summed E-state index contributed by atoms with van der Waals surface area (Å²) in [4.78, 5) is 23.8. The molecule has 0 saturated heterocycles. The molecule has 0 aliphatic carbocycles. The Hall–Kier alpha value is -3.73. The van der Waals surface area contributed by atoms with Crippen LogP contribution in [-0.2, 0) is 0 Å². The van der Waals surface area contributed by atoms with Gasteiger partial charge in [-0.2, -0.15) is 4.99 Å². The van der Waals surface area contributed by atoms with Gasteiger partial charge in [0, 0.05) is 11.1 Å². The fraction of sp³-hybridized carbons (Fsp3) is 0.125. The van der Waals surface area contributed by atoms with Crippen LogP contribution in [-0.4, -0.2) is 22.6 Å². The number of carbonyl (C=O) groups excluding carboxylic acids is 1. The topological polar surface area (TPSA) is 57.1 Å². The summed E-state index contributed by atoms with van der Waals surface area (Å²) < 4.78 is 0. The SMILES string of the molecule is Cc1ccc(N=C2c3ccccc3C3=NC(=O)NC(c4ccccc4)N32)c(C)c1. The fourth-order valence-corrected chi connectivity index (χ4v) is 3.93. The largest absolute Gasteiger partial charge is 0.344 e. The molecule has 0 spiro atoms. The van der Waals surface area contributed by atoms with Crippen molar-refractivity contribution in [1.29, 1.82) is 0 Å². The van der Waals surface area contributed by atoms with Crippen LogP contribution in [0.4, 0.5) is 10.5 Å². The highest BCUT2D eigenvalue weighted by Crippen LogP contribution is 2.35. The van der Waals surface area contributed by atoms with E-state index >= 15 is 0 Å². The maximum atomic E-state index is 12.4. The van der Waals surface area contributed by atoms with Crippen molar-refractivity contribution in [3.8, 4) is 0 Å². The van der Waals surface area contributed by atoms with E-state index in [-0.39, 0.29) is 12.2 Å². The second-order valence-electron chi connectivity index (χ2n) is 7.34. The van der Waals surface area contributed by atoms with Crippen LogP contribution in [0.1, 0.15) is 34.0 Å². The third-order valence-corrected chi connectivity index (χ3v) is 5.29. The summed E-state index contributed by atoms with van der Waals surface area (Å²) in [5.41, 5.74) is 6.10. The maximum absolute atomic E-state index is 12.4. The Balaban J connectivity index is 1.73. The number of urea groups is 1. The van der Waals surface area contributed by atoms with Gasteiger partial charge in [-0.1, -0.05) is 72.3 Å². The number of amidine groups is 2. The van der Waals surface area contributed by atoms with Crippen LogP contribution < -0.4 is 5.32 Å². The van der Waals surface area contributed by atoms with Gasteiger partial charge in [-0.05, 0) is 31.0 Å². The third-order valence-electron chi connectivity index (χ3n) is 5.29. The van der Waals surface area contributed by atoms with Gasteiger partial charge in [-0.3, -0.25) is 4.90 Å². The number of rotatable bonds is 2. The number of aryl methyl sites for hydroxylation is 2. The number of hydrogen-bond acceptors (Lipinski definition) is 2. The summed E-state index contributed by atoms with van der Waals surface area (Å²) in [6, 6.07) is 23.8. The van der Waals surface area contributed by atoms with Crippen LogP contribution in [0, 0.1) is 13.8 Å². The molecule has 5 heteroatoms. The second-order valence-corrected chi connectivity index (χ2v) is 7.34. The number of aliphatic imine (C=N–C) groups is 2. The molecule has 0 bridgehead atoms. The molecule has 2 aliphatic heterocycles. The highest BCUT2D eigenvalue weighted by atomic mass is 16.2. The lowest BCUT2D eigenvalue weighted by Crippen LogP contribution is -2.48. The molecule has 142 valence electrons. The first-order valence-electron chi connectivity index (χ1n) is 9.61. The molecule has 2 aliphatic rings. The Morgan fingerprint density at radius 3 is 2.41 bits per heavy atom. The van der Waals surface area contributed by atoms with E-state index in [2.05, 4.69) is 36.3 Å². The van der Waals surface area contributed by atoms with Gasteiger partial charge in [0.2, 0.25) is 0 Å². The van der Waals surface area contributed by atoms with E-state index in [4.69, 9.17) is 4.99 Å². The average molecular weight is 380 g/mol. The number of nitrogens with zero attached hydrogens (tertiary/aromatic N) is 3. The number of carbonyl (C=O) groups is 1. The molecular formula is C24H20N4O. The molecule has 29 heavy (non-hydrogen) atoms. The Morgan fingerprint density at radius 2 is 1.66 bits per heavy atom. The zero-order valence-electron chi connectivity index (χ0n) is 16.3. The number of fused-ring (bicyclic) bond motifs is 3. The maximum Gasteiger partial charge on any atom is 0.344 e. The van der Waals surface area contributed by atoms with Gasteiger partial charge in [-0.15, -0.1) is 0 Å². The van der Waals surface area contributed by atoms with Gasteiger partial charge in [0.05, 0.1) is 5.69 Å². The van der Waals surface area contributed by atoms with Crippen molar-refractivity contribution in [2.45, 2.75) is 20.0 Å². The van der Waals surface area contributed by atoms with E-state index in [1.807, 2.05) is 65.6 Å². The Labute approximate surface area is 169 Å². The lowest BCUT2D eigenvalue weighted by molar-refractivity contribution is 0.234. The zero-order chi connectivity index (χ0) is 20.0. The van der Waals surface area contributed by atoms with E-state index < -0.39 is 0 Å². The summed E-state index contributed by atoms with van der Waals surface area (Å²) in [6.45, 7) is 4.14. The van der Waals surface area contributed by atoms with E-state index in [0.717, 1.165) is 33.8 Å². The predicted octanol–water partition coefficient (Wildman–Crippen LogP) is 4.87. The van der Waals surface area contributed by atoms with Crippen molar-refractivity contribution < 1.29 is 4.79 Å². The minimum absolute atomic E-state index is 0.340. The number of nitrogens with one attached hydrogen (secondary N) is 1. The number of benzene rings is 3. The van der Waals surface area contributed by atoms with E-state index in [9.17, 15) is 4.79 Å². The lowest BCUT2D eigenvalue weighted by atomic mass is 10.1. The summed E-state index contributed by atoms with van der Waals surface area (Å²) in [6.07, 6.45) is -0.367. The molecule has 5 nitrogen and oxygen atoms in total. The van der Waals surface area contributed by atoms with Crippen LogP contribution in [0.25, 0.3) is 0 Å². The molecule has 2 amide bonds. The van der Waals surface area contributed by atoms with E-state index in [1.54, 1.807) is 0 Å². The first kappa shape index (κ1) is 17.4. The van der Waals surface area contributed by atoms with Gasteiger partial charge in [0.1, 0.15) is 17.8 Å². The molecule has 2 heterocycles. The average Bonchev–Trinajstić information content (AvgIpc) is 3.04. The fourth-order valence-electron chi connectivity index (χ4n) is 3.93. The second kappa shape index (κ2) is 6.71. The molecule has 0 aromatic heterocycles. The van der Waals surface area contributed by atoms with Gasteiger partial charge in [0.15, 0.2) is 0 Å². The third kappa shape index (κ3) is 2.91. The zero-order valence-corrected chi connectivity index (χ0v) is 16.3. The van der Waals surface area contributed by atoms with E-state index in [0.29, 0.717) is 5.84 Å². The minimum atomic E-state index is -0.367. The first-order valence-corrected chi connectivity index (χ1v) is 9.61. The molecule has 1 atom stereocenters. The van der Waals surface area contributed by atoms with E-state index in [1.165, 1.54) is 5.56 Å². The lowest BCUT2D eigenvalue weighted by Gasteiger charge is -2.33. The summed E-state index contributed by atoms with van der Waals surface area (Å²) in [5, 5.41) is 3.00. The monoisotopic (exact) mass is 380 g/mol.